The van der Waals surface area contributed by atoms with Crippen LogP contribution in [0.15, 0.2) is 12.1 Å². The Labute approximate surface area is 105 Å². The number of amides is 1. The molecule has 1 aromatic carbocycles. The van der Waals surface area contributed by atoms with E-state index < -0.39 is 18.0 Å². The number of hydrogen-bond acceptors (Lipinski definition) is 4. The largest absolute Gasteiger partial charge is 0.573 e. The first kappa shape index (κ1) is 13.2. The molecule has 1 aliphatic heterocycles. The number of primary amides is 1. The van der Waals surface area contributed by atoms with E-state index in [0.29, 0.717) is 6.54 Å². The van der Waals surface area contributed by atoms with Crippen molar-refractivity contribution in [2.24, 2.45) is 5.73 Å². The third kappa shape index (κ3) is 2.78. The molecule has 19 heavy (non-hydrogen) atoms. The van der Waals surface area contributed by atoms with Crippen LogP contribution in [0.25, 0.3) is 0 Å². The molecule has 0 saturated carbocycles. The molecule has 5 nitrogen and oxygen atoms in total. The number of benzene rings is 1. The van der Waals surface area contributed by atoms with Gasteiger partial charge < -0.3 is 15.8 Å². The minimum absolute atomic E-state index is 0.0261. The van der Waals surface area contributed by atoms with E-state index in [2.05, 4.69) is 10.1 Å². The predicted octanol–water partition coefficient (Wildman–Crippen LogP) is 1.68. The summed E-state index contributed by atoms with van der Waals surface area (Å²) in [5, 5.41) is 2.77. The number of ketones is 1. The van der Waals surface area contributed by atoms with Crippen LogP contribution in [-0.4, -0.2) is 24.6 Å². The van der Waals surface area contributed by atoms with E-state index in [9.17, 15) is 22.8 Å². The zero-order chi connectivity index (χ0) is 14.2. The number of carbonyl (C=O) groups excluding carboxylic acids is 2. The summed E-state index contributed by atoms with van der Waals surface area (Å²) in [6, 6.07) is 1.81. The van der Waals surface area contributed by atoms with Gasteiger partial charge in [0.05, 0.1) is 11.3 Å². The fraction of sp³-hybridized carbons (Fsp3) is 0.273. The van der Waals surface area contributed by atoms with Gasteiger partial charge in [-0.25, -0.2) is 0 Å². The molecule has 3 N–H and O–H groups in total. The van der Waals surface area contributed by atoms with Crippen molar-refractivity contribution in [3.63, 3.8) is 0 Å². The zero-order valence-electron chi connectivity index (χ0n) is 9.50. The molecule has 0 radical (unpaired) electrons. The summed E-state index contributed by atoms with van der Waals surface area (Å²) < 4.78 is 40.2. The van der Waals surface area contributed by atoms with E-state index in [-0.39, 0.29) is 29.0 Å². The molecule has 0 spiro atoms. The van der Waals surface area contributed by atoms with Crippen molar-refractivity contribution in [1.82, 2.24) is 0 Å². The third-order valence-corrected chi connectivity index (χ3v) is 2.57. The normalized spacial score (nSPS) is 14.6. The second-order valence-electron chi connectivity index (χ2n) is 3.91. The van der Waals surface area contributed by atoms with Crippen molar-refractivity contribution in [3.05, 3.63) is 23.3 Å². The van der Waals surface area contributed by atoms with Gasteiger partial charge in [0.25, 0.3) is 5.91 Å². The first-order chi connectivity index (χ1) is 8.78. The maximum atomic E-state index is 12.2. The van der Waals surface area contributed by atoms with Crippen LogP contribution in [0.2, 0.25) is 0 Å². The van der Waals surface area contributed by atoms with Crippen LogP contribution in [0.3, 0.4) is 0 Å². The van der Waals surface area contributed by atoms with E-state index in [4.69, 9.17) is 5.73 Å². The Bertz CT molecular complexity index is 538. The number of fused-ring (bicyclic) bond motifs is 1. The molecule has 1 heterocycles. The van der Waals surface area contributed by atoms with Crippen LogP contribution < -0.4 is 15.8 Å². The molecular formula is C11H9F3N2O3. The summed E-state index contributed by atoms with van der Waals surface area (Å²) >= 11 is 0. The number of halogens is 3. The van der Waals surface area contributed by atoms with E-state index in [1.807, 2.05) is 0 Å². The van der Waals surface area contributed by atoms with Gasteiger partial charge in [0.1, 0.15) is 5.75 Å². The lowest BCUT2D eigenvalue weighted by Gasteiger charge is -2.21. The standard InChI is InChI=1S/C11H9F3N2O3/c12-11(13,14)19-5-3-6-8(17)1-2-16-9(6)7(4-5)10(15)18/h3-4,16H,1-2H2,(H2,15,18). The van der Waals surface area contributed by atoms with Gasteiger partial charge in [-0.05, 0) is 12.1 Å². The summed E-state index contributed by atoms with van der Waals surface area (Å²) in [5.41, 5.74) is 5.01. The highest BCUT2D eigenvalue weighted by Crippen LogP contribution is 2.33. The van der Waals surface area contributed by atoms with E-state index in [0.717, 1.165) is 12.1 Å². The highest BCUT2D eigenvalue weighted by molar-refractivity contribution is 6.10. The van der Waals surface area contributed by atoms with Crippen molar-refractivity contribution in [2.75, 3.05) is 11.9 Å². The monoisotopic (exact) mass is 274 g/mol. The topological polar surface area (TPSA) is 81.4 Å². The molecular weight excluding hydrogens is 265 g/mol. The Hall–Kier alpha value is -2.25. The minimum atomic E-state index is -4.91. The van der Waals surface area contributed by atoms with Gasteiger partial charge in [-0.15, -0.1) is 13.2 Å². The van der Waals surface area contributed by atoms with E-state index >= 15 is 0 Å². The fourth-order valence-electron chi connectivity index (χ4n) is 1.85. The molecule has 0 unspecified atom stereocenters. The molecule has 1 aromatic rings. The molecule has 2 rings (SSSR count). The molecule has 0 aromatic heterocycles. The van der Waals surface area contributed by atoms with Crippen molar-refractivity contribution in [2.45, 2.75) is 12.8 Å². The van der Waals surface area contributed by atoms with Gasteiger partial charge in [0.15, 0.2) is 5.78 Å². The average molecular weight is 274 g/mol. The lowest BCUT2D eigenvalue weighted by atomic mass is 9.97. The highest BCUT2D eigenvalue weighted by atomic mass is 19.4. The van der Waals surface area contributed by atoms with E-state index in [1.54, 1.807) is 0 Å². The van der Waals surface area contributed by atoms with Crippen LogP contribution in [0, 0.1) is 0 Å². The maximum Gasteiger partial charge on any atom is 0.573 e. The van der Waals surface area contributed by atoms with Crippen LogP contribution in [0.4, 0.5) is 18.9 Å². The van der Waals surface area contributed by atoms with Crippen molar-refractivity contribution in [3.8, 4) is 5.75 Å². The van der Waals surface area contributed by atoms with Crippen LogP contribution in [0.5, 0.6) is 5.75 Å². The Morgan fingerprint density at radius 2 is 2.05 bits per heavy atom. The maximum absolute atomic E-state index is 12.2. The first-order valence-electron chi connectivity index (χ1n) is 5.28. The molecule has 1 amide bonds. The van der Waals surface area contributed by atoms with Gasteiger partial charge in [-0.3, -0.25) is 9.59 Å². The molecule has 0 atom stereocenters. The van der Waals surface area contributed by atoms with Crippen LogP contribution in [0.1, 0.15) is 27.1 Å². The minimum Gasteiger partial charge on any atom is -0.406 e. The molecule has 0 aliphatic carbocycles. The van der Waals surface area contributed by atoms with Crippen LogP contribution >= 0.6 is 0 Å². The Balaban J connectivity index is 2.54. The number of hydrogen-bond donors (Lipinski definition) is 2. The van der Waals surface area contributed by atoms with Gasteiger partial charge in [0, 0.05) is 18.5 Å². The van der Waals surface area contributed by atoms with Gasteiger partial charge >= 0.3 is 6.36 Å². The number of anilines is 1. The number of Topliss-reactive ketones (excluding diaryl/α,β-unsaturated/α-hetero) is 1. The summed E-state index contributed by atoms with van der Waals surface area (Å²) in [6.45, 7) is 0.297. The van der Waals surface area contributed by atoms with Gasteiger partial charge in [0.2, 0.25) is 0 Å². The van der Waals surface area contributed by atoms with Crippen molar-refractivity contribution < 1.29 is 27.5 Å². The fourth-order valence-corrected chi connectivity index (χ4v) is 1.85. The first-order valence-corrected chi connectivity index (χ1v) is 5.28. The Morgan fingerprint density at radius 1 is 1.37 bits per heavy atom. The van der Waals surface area contributed by atoms with E-state index in [1.165, 1.54) is 0 Å². The number of ether oxygens (including phenoxy) is 1. The number of nitrogens with two attached hydrogens (primary N) is 1. The molecule has 0 bridgehead atoms. The van der Waals surface area contributed by atoms with Crippen LogP contribution in [-0.2, 0) is 0 Å². The number of nitrogens with one attached hydrogen (secondary N) is 1. The summed E-state index contributed by atoms with van der Waals surface area (Å²) in [4.78, 5) is 22.9. The van der Waals surface area contributed by atoms with Crippen molar-refractivity contribution >= 4 is 17.4 Å². The van der Waals surface area contributed by atoms with Crippen molar-refractivity contribution in [1.29, 1.82) is 0 Å². The summed E-state index contributed by atoms with van der Waals surface area (Å²) in [5.74, 6) is -1.95. The molecule has 1 aliphatic rings. The number of carbonyl (C=O) groups is 2. The number of alkyl halides is 3. The molecule has 0 fully saturated rings. The quantitative estimate of drug-likeness (QED) is 0.859. The highest BCUT2D eigenvalue weighted by Gasteiger charge is 2.33. The average Bonchev–Trinajstić information content (AvgIpc) is 2.27. The Kier molecular flexibility index (Phi) is 3.09. The SMILES string of the molecule is NC(=O)c1cc(OC(F)(F)F)cc2c1NCCC2=O. The third-order valence-electron chi connectivity index (χ3n) is 2.57. The molecule has 0 saturated heterocycles. The lowest BCUT2D eigenvalue weighted by Crippen LogP contribution is -2.24. The molecule has 8 heteroatoms. The van der Waals surface area contributed by atoms with Gasteiger partial charge in [-0.2, -0.15) is 0 Å². The summed E-state index contributed by atoms with van der Waals surface area (Å²) in [7, 11) is 0. The number of rotatable bonds is 2. The zero-order valence-corrected chi connectivity index (χ0v) is 9.50. The second-order valence-corrected chi connectivity index (χ2v) is 3.91. The second kappa shape index (κ2) is 4.45. The predicted molar refractivity (Wildman–Crippen MR) is 59.1 cm³/mol. The molecule has 102 valence electrons. The Morgan fingerprint density at radius 3 is 2.63 bits per heavy atom. The summed E-state index contributed by atoms with van der Waals surface area (Å²) in [6.07, 6.45) is -4.78. The smallest absolute Gasteiger partial charge is 0.406 e. The lowest BCUT2D eigenvalue weighted by molar-refractivity contribution is -0.274. The van der Waals surface area contributed by atoms with Gasteiger partial charge in [-0.1, -0.05) is 0 Å².